The Kier molecular flexibility index (Phi) is 311. The second-order valence-electron chi connectivity index (χ2n) is 0.250. The molecule has 0 heterocycles. The van der Waals surface area contributed by atoms with Crippen LogP contribution in [0, 0.1) is 0 Å². The third kappa shape index (κ3) is 372. The first-order chi connectivity index (χ1) is 1.73. The maximum absolute atomic E-state index is 8.52. The van der Waals surface area contributed by atoms with E-state index < -0.39 is 9.17 Å². The van der Waals surface area contributed by atoms with Crippen LogP contribution < -0.4 is 9.59 Å². The Labute approximate surface area is 96.6 Å². The maximum atomic E-state index is 8.52. The summed E-state index contributed by atoms with van der Waals surface area (Å²) >= 11 is 0. The van der Waals surface area contributed by atoms with Gasteiger partial charge in [-0.15, -0.1) is 0 Å². The summed E-state index contributed by atoms with van der Waals surface area (Å²) < 4.78 is 8.52. The van der Waals surface area contributed by atoms with Crippen LogP contribution >= 0.6 is 0 Å². The van der Waals surface area contributed by atoms with E-state index in [1.807, 2.05) is 0 Å². The van der Waals surface area contributed by atoms with Crippen LogP contribution in [-0.2, 0) is 21.5 Å². The molecule has 0 fully saturated rings. The smallest absolute Gasteiger partial charge is 0.0172 e. The van der Waals surface area contributed by atoms with Gasteiger partial charge in [0.15, 0.2) is 0 Å². The molecule has 0 atom stereocenters. The van der Waals surface area contributed by atoms with Crippen molar-refractivity contribution in [2.24, 2.45) is 0 Å². The Morgan fingerprint density at radius 3 is 1.10 bits per heavy atom. The Balaban J connectivity index is -0.00000000300. The minimum atomic E-state index is -3.63. The number of rotatable bonds is 0. The molecule has 10 heteroatoms. The van der Waals surface area contributed by atoms with E-state index in [1.165, 1.54) is 0 Å². The van der Waals surface area contributed by atoms with Gasteiger partial charge in [0.2, 0.25) is 0 Å². The van der Waals surface area contributed by atoms with E-state index in [9.17, 15) is 0 Å². The van der Waals surface area contributed by atoms with Gasteiger partial charge in [0.1, 0.15) is 0 Å². The van der Waals surface area contributed by atoms with E-state index in [0.29, 0.717) is 0 Å². The minimum Gasteiger partial charge on any atom is -0.870 e. The van der Waals surface area contributed by atoms with E-state index in [2.05, 4.69) is 0 Å². The maximum Gasteiger partial charge on any atom is 0.0172 e. The second-order valence-corrected chi connectivity index (χ2v) is 0.750. The summed E-state index contributed by atoms with van der Waals surface area (Å²) in [6.07, 6.45) is 0. The Hall–Kier alpha value is 1.32. The summed E-state index contributed by atoms with van der Waals surface area (Å²) in [4.78, 5) is 17.0. The van der Waals surface area contributed by atoms with Gasteiger partial charge in [-0.1, -0.05) is 0 Å². The summed E-state index contributed by atoms with van der Waals surface area (Å²) in [7, 11) is -3.63. The monoisotopic (exact) mass is 236 g/mol. The normalized spacial score (nSPS) is 2.40. The average molecular weight is 236 g/mol. The van der Waals surface area contributed by atoms with Crippen LogP contribution in [0.4, 0.5) is 0 Å². The number of hydrogen-bond donors (Lipinski definition) is 0. The van der Waals surface area contributed by atoms with Gasteiger partial charge in [-0.3, -0.25) is 0 Å². The molecule has 61 valence electrons. The van der Waals surface area contributed by atoms with Gasteiger partial charge in [-0.2, -0.15) is 0 Å². The van der Waals surface area contributed by atoms with Crippen LogP contribution in [0.3, 0.4) is 0 Å². The molecule has 5 radical (unpaired) electrons. The Morgan fingerprint density at radius 1 is 1.10 bits per heavy atom. The zero-order valence-electron chi connectivity index (χ0n) is 4.81. The molecule has 0 aliphatic carbocycles. The fraction of sp³-hybridized carbons (Fsp3) is 0. The fourth-order valence-corrected chi connectivity index (χ4v) is 0. The van der Waals surface area contributed by atoms with Crippen LogP contribution in [0.2, 0.25) is 0 Å². The van der Waals surface area contributed by atoms with Gasteiger partial charge in [0, 0.05) is 66.7 Å². The predicted octanol–water partition coefficient (Wildman–Crippen LogP) is -5.47. The van der Waals surface area contributed by atoms with Crippen molar-refractivity contribution in [2.75, 3.05) is 0 Å². The summed E-state index contributed by atoms with van der Waals surface area (Å²) in [6.45, 7) is 0. The summed E-state index contributed by atoms with van der Waals surface area (Å²) in [5, 5.41) is 0. The van der Waals surface area contributed by atoms with Gasteiger partial charge < -0.3 is 30.5 Å². The fourth-order valence-electron chi connectivity index (χ4n) is 0. The quantitative estimate of drug-likeness (QED) is 0.384. The van der Waals surface area contributed by atoms with Crippen molar-refractivity contribution < 1.29 is 47.6 Å². The molecule has 0 spiro atoms. The average Bonchev–Trinajstić information content (AvgIpc) is 0.811. The summed E-state index contributed by atoms with van der Waals surface area (Å²) in [6, 6.07) is 0. The van der Waals surface area contributed by atoms with Gasteiger partial charge in [0.05, 0.1) is 0 Å². The SMILES string of the molecule is O.O.O=[Si]([O-])[O-].[Al].[Fe].[Mg].[OH-]. The van der Waals surface area contributed by atoms with Crippen LogP contribution in [-0.4, -0.2) is 66.0 Å². The molecular weight excluding hydrogens is 231 g/mol. The molecule has 0 saturated carbocycles. The summed E-state index contributed by atoms with van der Waals surface area (Å²) in [5.74, 6) is 0. The predicted molar refractivity (Wildman–Crippen MR) is 27.1 cm³/mol. The molecule has 0 saturated heterocycles. The molecule has 0 aromatic heterocycles. The van der Waals surface area contributed by atoms with Gasteiger partial charge >= 0.3 is 0 Å². The van der Waals surface area contributed by atoms with Crippen molar-refractivity contribution in [1.82, 2.24) is 0 Å². The van der Waals surface area contributed by atoms with Gasteiger partial charge in [-0.25, -0.2) is 0 Å². The van der Waals surface area contributed by atoms with E-state index >= 15 is 0 Å². The zero-order chi connectivity index (χ0) is 3.58. The van der Waals surface area contributed by atoms with Crippen molar-refractivity contribution in [3.8, 4) is 0 Å². The largest absolute Gasteiger partial charge is 0.870 e. The third-order valence-electron chi connectivity index (χ3n) is 0. The van der Waals surface area contributed by atoms with Gasteiger partial charge in [-0.05, 0) is 0 Å². The molecule has 5 N–H and O–H groups in total. The Morgan fingerprint density at radius 2 is 1.10 bits per heavy atom. The molecule has 0 aliphatic rings. The van der Waals surface area contributed by atoms with E-state index in [4.69, 9.17) is 14.1 Å². The molecule has 0 rings (SSSR count). The molecule has 0 amide bonds. The third-order valence-corrected chi connectivity index (χ3v) is 0. The molecule has 0 aromatic rings. The van der Waals surface area contributed by atoms with E-state index in [-0.39, 0.29) is 73.9 Å². The van der Waals surface area contributed by atoms with Crippen LogP contribution in [0.25, 0.3) is 0 Å². The molecule has 0 aromatic carbocycles. The van der Waals surface area contributed by atoms with Crippen LogP contribution in [0.5, 0.6) is 0 Å². The zero-order valence-corrected chi connectivity index (χ0v) is 9.48. The van der Waals surface area contributed by atoms with E-state index in [0.717, 1.165) is 0 Å². The molecule has 0 bridgehead atoms. The molecule has 10 heavy (non-hydrogen) atoms. The molecule has 0 unspecified atom stereocenters. The Bertz CT molecular complexity index is 40.7. The second kappa shape index (κ2) is 48.1. The van der Waals surface area contributed by atoms with Crippen molar-refractivity contribution >= 4 is 49.6 Å². The number of hydrogen-bond acceptors (Lipinski definition) is 4. The van der Waals surface area contributed by atoms with Crippen molar-refractivity contribution in [3.05, 3.63) is 0 Å². The molecule has 6 nitrogen and oxygen atoms in total. The minimum absolute atomic E-state index is 0. The van der Waals surface area contributed by atoms with Crippen LogP contribution in [0.15, 0.2) is 0 Å². The first-order valence-corrected chi connectivity index (χ1v) is 1.84. The van der Waals surface area contributed by atoms with Gasteiger partial charge in [0.25, 0.3) is 0 Å². The van der Waals surface area contributed by atoms with Crippen molar-refractivity contribution in [1.29, 1.82) is 0 Å². The van der Waals surface area contributed by atoms with Crippen molar-refractivity contribution in [2.45, 2.75) is 0 Å². The van der Waals surface area contributed by atoms with Crippen LogP contribution in [0.1, 0.15) is 0 Å². The molecular formula is H5AlFeMgO6Si-3. The first kappa shape index (κ1) is 64.7. The molecule has 0 aliphatic heterocycles. The first-order valence-electron chi connectivity index (χ1n) is 0.612. The standard InChI is InChI=1S/Al.Fe.Mg.O3Si.3H2O/c;;;1-4(2)3;;;/h;;;;3*1H2/q;;;-2;;;/p-1. The summed E-state index contributed by atoms with van der Waals surface area (Å²) in [5.41, 5.74) is 0. The topological polar surface area (TPSA) is 156 Å². The van der Waals surface area contributed by atoms with E-state index in [1.54, 1.807) is 0 Å². The van der Waals surface area contributed by atoms with Crippen molar-refractivity contribution in [3.63, 3.8) is 0 Å².